The van der Waals surface area contributed by atoms with Gasteiger partial charge in [0.2, 0.25) is 5.91 Å². The number of nitrogens with one attached hydrogen (secondary N) is 2. The molecule has 0 aliphatic carbocycles. The fourth-order valence-electron chi connectivity index (χ4n) is 3.36. The van der Waals surface area contributed by atoms with Crippen LogP contribution in [0.5, 0.6) is 0 Å². The van der Waals surface area contributed by atoms with E-state index < -0.39 is 0 Å². The van der Waals surface area contributed by atoms with Gasteiger partial charge in [0.25, 0.3) is 5.91 Å². The average Bonchev–Trinajstić information content (AvgIpc) is 3.34. The quantitative estimate of drug-likeness (QED) is 0.862. The highest BCUT2D eigenvalue weighted by Gasteiger charge is 2.29. The highest BCUT2D eigenvalue weighted by molar-refractivity contribution is 7.13. The summed E-state index contributed by atoms with van der Waals surface area (Å²) < 4.78 is 0. The van der Waals surface area contributed by atoms with E-state index in [-0.39, 0.29) is 24.3 Å². The lowest BCUT2D eigenvalue weighted by Gasteiger charge is -2.12. The van der Waals surface area contributed by atoms with Crippen molar-refractivity contribution in [3.05, 3.63) is 46.5 Å². The fourth-order valence-corrected chi connectivity index (χ4v) is 4.24. The van der Waals surface area contributed by atoms with Crippen molar-refractivity contribution in [2.24, 2.45) is 0 Å². The highest BCUT2D eigenvalue weighted by Crippen LogP contribution is 2.27. The van der Waals surface area contributed by atoms with Gasteiger partial charge in [-0.1, -0.05) is 18.2 Å². The molecule has 1 aromatic heterocycles. The summed E-state index contributed by atoms with van der Waals surface area (Å²) in [5, 5.41) is 8.82. The molecule has 1 atom stereocenters. The summed E-state index contributed by atoms with van der Waals surface area (Å²) >= 11 is 1.63. The molecule has 2 aromatic rings. The van der Waals surface area contributed by atoms with Crippen molar-refractivity contribution < 1.29 is 9.59 Å². The van der Waals surface area contributed by atoms with Gasteiger partial charge in [-0.3, -0.25) is 9.59 Å². The topological polar surface area (TPSA) is 74.3 Å². The number of anilines is 1. The highest BCUT2D eigenvalue weighted by atomic mass is 32.1. The molecule has 0 bridgehead atoms. The van der Waals surface area contributed by atoms with Gasteiger partial charge in [-0.05, 0) is 24.5 Å². The van der Waals surface area contributed by atoms with Crippen molar-refractivity contribution in [3.8, 4) is 0 Å². The van der Waals surface area contributed by atoms with Gasteiger partial charge in [0, 0.05) is 24.0 Å². The van der Waals surface area contributed by atoms with Crippen LogP contribution in [0.15, 0.2) is 29.6 Å². The molecule has 2 aliphatic rings. The van der Waals surface area contributed by atoms with Crippen LogP contribution in [0, 0.1) is 0 Å². The van der Waals surface area contributed by atoms with Crippen LogP contribution in [0.1, 0.15) is 46.9 Å². The Morgan fingerprint density at radius 2 is 2.12 bits per heavy atom. The number of benzene rings is 1. The van der Waals surface area contributed by atoms with E-state index in [1.807, 2.05) is 23.6 Å². The van der Waals surface area contributed by atoms with Crippen molar-refractivity contribution in [3.63, 3.8) is 0 Å². The van der Waals surface area contributed by atoms with E-state index in [1.165, 1.54) is 12.8 Å². The van der Waals surface area contributed by atoms with Crippen LogP contribution < -0.4 is 15.5 Å². The predicted molar refractivity (Wildman–Crippen MR) is 96.7 cm³/mol. The lowest BCUT2D eigenvalue weighted by Crippen LogP contribution is -2.28. The van der Waals surface area contributed by atoms with Crippen molar-refractivity contribution in [2.45, 2.75) is 31.8 Å². The number of fused-ring (bicyclic) bond motifs is 1. The van der Waals surface area contributed by atoms with Crippen molar-refractivity contribution >= 4 is 28.3 Å². The molecule has 2 aliphatic heterocycles. The van der Waals surface area contributed by atoms with Crippen LogP contribution in [0.25, 0.3) is 0 Å². The summed E-state index contributed by atoms with van der Waals surface area (Å²) in [5.74, 6) is -0.194. The van der Waals surface area contributed by atoms with Gasteiger partial charge in [-0.25, -0.2) is 4.98 Å². The van der Waals surface area contributed by atoms with E-state index in [9.17, 15) is 9.59 Å². The number of nitrogens with zero attached hydrogens (tertiary/aromatic N) is 2. The van der Waals surface area contributed by atoms with Crippen LogP contribution >= 0.6 is 11.3 Å². The molecule has 0 spiro atoms. The van der Waals surface area contributed by atoms with Crippen molar-refractivity contribution in [1.29, 1.82) is 0 Å². The first-order valence-electron chi connectivity index (χ1n) is 8.56. The summed E-state index contributed by atoms with van der Waals surface area (Å²) in [4.78, 5) is 31.1. The van der Waals surface area contributed by atoms with Crippen LogP contribution in [0.3, 0.4) is 0 Å². The molecular weight excluding hydrogens is 336 g/mol. The molecule has 0 saturated carbocycles. The largest absolute Gasteiger partial charge is 0.350 e. The Morgan fingerprint density at radius 1 is 1.32 bits per heavy atom. The Hall–Kier alpha value is -2.41. The van der Waals surface area contributed by atoms with E-state index in [0.717, 1.165) is 29.5 Å². The van der Waals surface area contributed by atoms with Crippen molar-refractivity contribution in [1.82, 2.24) is 15.6 Å². The number of carbonyl (C=O) groups is 2. The van der Waals surface area contributed by atoms with Gasteiger partial charge >= 0.3 is 0 Å². The molecule has 1 saturated heterocycles. The summed E-state index contributed by atoms with van der Waals surface area (Å²) in [5.41, 5.74) is 2.44. The second-order valence-corrected chi connectivity index (χ2v) is 7.25. The Bertz CT molecular complexity index is 798. The Kier molecular flexibility index (Phi) is 4.40. The second kappa shape index (κ2) is 6.84. The van der Waals surface area contributed by atoms with Crippen molar-refractivity contribution in [2.75, 3.05) is 18.0 Å². The van der Waals surface area contributed by atoms with E-state index >= 15 is 0 Å². The van der Waals surface area contributed by atoms with Gasteiger partial charge in [0.1, 0.15) is 0 Å². The maximum atomic E-state index is 12.3. The van der Waals surface area contributed by atoms with Gasteiger partial charge in [-0.15, -0.1) is 11.3 Å². The molecule has 4 rings (SSSR count). The molecule has 3 heterocycles. The molecular formula is C18H20N4O2S. The lowest BCUT2D eigenvalue weighted by molar-refractivity contribution is -0.121. The molecule has 7 heteroatoms. The molecule has 2 amide bonds. The first-order valence-corrected chi connectivity index (χ1v) is 9.44. The number of hydrogen-bond acceptors (Lipinski definition) is 5. The maximum Gasteiger partial charge on any atom is 0.252 e. The van der Waals surface area contributed by atoms with Gasteiger partial charge in [-0.2, -0.15) is 0 Å². The number of thiazole rings is 1. The zero-order valence-corrected chi connectivity index (χ0v) is 14.6. The zero-order valence-electron chi connectivity index (χ0n) is 13.8. The summed E-state index contributed by atoms with van der Waals surface area (Å²) in [6, 6.07) is 7.16. The van der Waals surface area contributed by atoms with Crippen LogP contribution in [-0.2, 0) is 11.3 Å². The third-order valence-corrected chi connectivity index (χ3v) is 5.61. The minimum absolute atomic E-state index is 0.0854. The van der Waals surface area contributed by atoms with Crippen LogP contribution in [-0.4, -0.2) is 29.9 Å². The first-order chi connectivity index (χ1) is 12.2. The van der Waals surface area contributed by atoms with Crippen LogP contribution in [0.2, 0.25) is 0 Å². The fraction of sp³-hybridized carbons (Fsp3) is 0.389. The normalized spacial score (nSPS) is 19.0. The third kappa shape index (κ3) is 3.37. The number of aromatic nitrogens is 1. The molecule has 2 N–H and O–H groups in total. The Morgan fingerprint density at radius 3 is 2.96 bits per heavy atom. The standard InChI is InChI=1S/C18H20N4O2S/c23-16(9-15-13-5-1-2-6-14(13)17(24)21-15)19-10-12-11-25-18(20-12)22-7-3-4-8-22/h1-2,5-6,11,15H,3-4,7-10H2,(H,19,23)(H,21,24)/t15-/m0/s1. The number of amides is 2. The monoisotopic (exact) mass is 356 g/mol. The molecule has 6 nitrogen and oxygen atoms in total. The summed E-state index contributed by atoms with van der Waals surface area (Å²) in [6.07, 6.45) is 2.69. The minimum atomic E-state index is -0.251. The maximum absolute atomic E-state index is 12.3. The molecule has 1 aromatic carbocycles. The molecule has 1 fully saturated rings. The number of rotatable bonds is 5. The first kappa shape index (κ1) is 16.1. The van der Waals surface area contributed by atoms with E-state index in [1.54, 1.807) is 17.4 Å². The average molecular weight is 356 g/mol. The zero-order chi connectivity index (χ0) is 17.2. The van der Waals surface area contributed by atoms with E-state index in [0.29, 0.717) is 12.1 Å². The molecule has 25 heavy (non-hydrogen) atoms. The van der Waals surface area contributed by atoms with E-state index in [4.69, 9.17) is 0 Å². The predicted octanol–water partition coefficient (Wildman–Crippen LogP) is 2.23. The molecule has 0 unspecified atom stereocenters. The summed E-state index contributed by atoms with van der Waals surface area (Å²) in [6.45, 7) is 2.56. The van der Waals surface area contributed by atoms with E-state index in [2.05, 4.69) is 20.5 Å². The molecule has 130 valence electrons. The van der Waals surface area contributed by atoms with Gasteiger partial charge in [0.15, 0.2) is 5.13 Å². The number of hydrogen-bond donors (Lipinski definition) is 2. The minimum Gasteiger partial charge on any atom is -0.350 e. The van der Waals surface area contributed by atoms with Gasteiger partial charge < -0.3 is 15.5 Å². The Labute approximate surface area is 150 Å². The number of carbonyl (C=O) groups excluding carboxylic acids is 2. The Balaban J connectivity index is 1.32. The van der Waals surface area contributed by atoms with Gasteiger partial charge in [0.05, 0.1) is 24.7 Å². The third-order valence-electron chi connectivity index (χ3n) is 4.66. The van der Waals surface area contributed by atoms with Crippen LogP contribution in [0.4, 0.5) is 5.13 Å². The lowest BCUT2D eigenvalue weighted by atomic mass is 10.0. The molecule has 0 radical (unpaired) electrons. The smallest absolute Gasteiger partial charge is 0.252 e. The second-order valence-electron chi connectivity index (χ2n) is 6.41. The summed E-state index contributed by atoms with van der Waals surface area (Å²) in [7, 11) is 0. The SMILES string of the molecule is O=C(C[C@@H]1NC(=O)c2ccccc21)NCc1csc(N2CCCC2)n1.